The topological polar surface area (TPSA) is 53.7 Å². The third-order valence-corrected chi connectivity index (χ3v) is 4.29. The first-order chi connectivity index (χ1) is 12.8. The molecule has 26 heavy (non-hydrogen) atoms. The molecule has 1 atom stereocenters. The van der Waals surface area contributed by atoms with E-state index < -0.39 is 0 Å². The van der Waals surface area contributed by atoms with Gasteiger partial charge in [-0.15, -0.1) is 0 Å². The molecule has 1 aliphatic rings. The van der Waals surface area contributed by atoms with Gasteiger partial charge >= 0.3 is 0 Å². The van der Waals surface area contributed by atoms with Crippen molar-refractivity contribution in [2.45, 2.75) is 38.9 Å². The Hall–Kier alpha value is -1.95. The normalized spacial score (nSPS) is 17.8. The summed E-state index contributed by atoms with van der Waals surface area (Å²) >= 11 is 0. The number of rotatable bonds is 9. The van der Waals surface area contributed by atoms with Crippen LogP contribution in [0.2, 0.25) is 0 Å². The quantitative estimate of drug-likeness (QED) is 0.494. The van der Waals surface area contributed by atoms with Gasteiger partial charge in [0.15, 0.2) is 6.29 Å². The molecule has 1 fully saturated rings. The van der Waals surface area contributed by atoms with Crippen LogP contribution in [0, 0.1) is 6.92 Å². The fourth-order valence-electron chi connectivity index (χ4n) is 2.83. The van der Waals surface area contributed by atoms with Gasteiger partial charge in [-0.1, -0.05) is 30.4 Å². The molecule has 0 N–H and O–H groups in total. The highest BCUT2D eigenvalue weighted by Crippen LogP contribution is 2.21. The average Bonchev–Trinajstić information content (AvgIpc) is 3.06. The molecule has 5 heteroatoms. The number of aryl methyl sites for hydroxylation is 1. The monoisotopic (exact) mass is 357 g/mol. The van der Waals surface area contributed by atoms with Crippen molar-refractivity contribution in [2.75, 3.05) is 26.4 Å². The Labute approximate surface area is 155 Å². The largest absolute Gasteiger partial charge is 0.441 e. The highest BCUT2D eigenvalue weighted by Gasteiger charge is 2.13. The lowest BCUT2D eigenvalue weighted by atomic mass is 10.2. The van der Waals surface area contributed by atoms with Crippen LogP contribution in [-0.4, -0.2) is 37.7 Å². The van der Waals surface area contributed by atoms with Crippen LogP contribution >= 0.6 is 0 Å². The number of aromatic nitrogens is 1. The predicted molar refractivity (Wildman–Crippen MR) is 99.9 cm³/mol. The lowest BCUT2D eigenvalue weighted by Gasteiger charge is -2.21. The van der Waals surface area contributed by atoms with Crippen molar-refractivity contribution in [2.24, 2.45) is 0 Å². The maximum atomic E-state index is 5.76. The summed E-state index contributed by atoms with van der Waals surface area (Å²) in [7, 11) is 0. The van der Waals surface area contributed by atoms with E-state index in [1.807, 2.05) is 49.4 Å². The minimum atomic E-state index is -0.0386. The molecule has 2 heterocycles. The average molecular weight is 357 g/mol. The molecule has 1 aromatic carbocycles. The Balaban J connectivity index is 1.32. The van der Waals surface area contributed by atoms with Gasteiger partial charge in [-0.25, -0.2) is 4.98 Å². The van der Waals surface area contributed by atoms with Crippen LogP contribution in [-0.2, 0) is 20.6 Å². The van der Waals surface area contributed by atoms with E-state index in [2.05, 4.69) is 4.98 Å². The molecule has 2 aromatic rings. The Morgan fingerprint density at radius 2 is 2.00 bits per heavy atom. The Bertz CT molecular complexity index is 675. The van der Waals surface area contributed by atoms with Crippen molar-refractivity contribution < 1.29 is 18.6 Å². The van der Waals surface area contributed by atoms with Crippen molar-refractivity contribution in [1.29, 1.82) is 0 Å². The lowest BCUT2D eigenvalue weighted by Crippen LogP contribution is -2.22. The van der Waals surface area contributed by atoms with E-state index in [0.29, 0.717) is 25.7 Å². The summed E-state index contributed by atoms with van der Waals surface area (Å²) in [6, 6.07) is 9.94. The molecule has 0 radical (unpaired) electrons. The van der Waals surface area contributed by atoms with Crippen LogP contribution in [0.15, 0.2) is 46.9 Å². The first kappa shape index (κ1) is 18.8. The number of nitrogens with zero attached hydrogens (tertiary/aromatic N) is 1. The first-order valence-corrected chi connectivity index (χ1v) is 9.30. The maximum Gasteiger partial charge on any atom is 0.226 e. The summed E-state index contributed by atoms with van der Waals surface area (Å²) in [5, 5.41) is 0. The Kier molecular flexibility index (Phi) is 7.43. The minimum absolute atomic E-state index is 0.0386. The van der Waals surface area contributed by atoms with Gasteiger partial charge in [0.1, 0.15) is 5.76 Å². The summed E-state index contributed by atoms with van der Waals surface area (Å²) < 4.78 is 22.6. The molecule has 1 saturated heterocycles. The van der Waals surface area contributed by atoms with Gasteiger partial charge < -0.3 is 18.6 Å². The number of ether oxygens (including phenoxy) is 3. The number of hydrogen-bond acceptors (Lipinski definition) is 5. The van der Waals surface area contributed by atoms with Gasteiger partial charge in [-0.05, 0) is 38.3 Å². The molecule has 0 spiro atoms. The smallest absolute Gasteiger partial charge is 0.226 e. The molecule has 1 aromatic heterocycles. The second kappa shape index (κ2) is 10.3. The molecule has 0 bridgehead atoms. The minimum Gasteiger partial charge on any atom is -0.441 e. The zero-order valence-corrected chi connectivity index (χ0v) is 15.4. The summed E-state index contributed by atoms with van der Waals surface area (Å²) in [4.78, 5) is 4.58. The SMILES string of the molecule is Cc1oc(-c2ccccc2)nc1CCOCC=CCOC1CCCCO1. The van der Waals surface area contributed by atoms with E-state index >= 15 is 0 Å². The highest BCUT2D eigenvalue weighted by atomic mass is 16.7. The second-order valence-corrected chi connectivity index (χ2v) is 6.31. The summed E-state index contributed by atoms with van der Waals surface area (Å²) in [6.07, 6.45) is 7.98. The Morgan fingerprint density at radius 3 is 2.81 bits per heavy atom. The van der Waals surface area contributed by atoms with E-state index in [0.717, 1.165) is 42.9 Å². The number of oxazole rings is 1. The van der Waals surface area contributed by atoms with Gasteiger partial charge in [-0.3, -0.25) is 0 Å². The lowest BCUT2D eigenvalue weighted by molar-refractivity contribution is -0.155. The van der Waals surface area contributed by atoms with Crippen LogP contribution in [0.25, 0.3) is 11.5 Å². The molecule has 140 valence electrons. The van der Waals surface area contributed by atoms with Gasteiger partial charge in [0.2, 0.25) is 5.89 Å². The van der Waals surface area contributed by atoms with Gasteiger partial charge in [0, 0.05) is 18.6 Å². The number of hydrogen-bond donors (Lipinski definition) is 0. The molecule has 0 saturated carbocycles. The van der Waals surface area contributed by atoms with Crippen LogP contribution in [0.3, 0.4) is 0 Å². The first-order valence-electron chi connectivity index (χ1n) is 9.30. The molecule has 0 aliphatic carbocycles. The van der Waals surface area contributed by atoms with Gasteiger partial charge in [0.25, 0.3) is 0 Å². The zero-order chi connectivity index (χ0) is 18.0. The zero-order valence-electron chi connectivity index (χ0n) is 15.4. The van der Waals surface area contributed by atoms with E-state index in [1.165, 1.54) is 6.42 Å². The molecule has 5 nitrogen and oxygen atoms in total. The van der Waals surface area contributed by atoms with Crippen molar-refractivity contribution in [1.82, 2.24) is 4.98 Å². The van der Waals surface area contributed by atoms with Crippen molar-refractivity contribution >= 4 is 0 Å². The van der Waals surface area contributed by atoms with E-state index in [-0.39, 0.29) is 6.29 Å². The van der Waals surface area contributed by atoms with Crippen molar-refractivity contribution in [3.05, 3.63) is 53.9 Å². The third kappa shape index (κ3) is 5.80. The predicted octanol–water partition coefficient (Wildman–Crippen LogP) is 4.31. The summed E-state index contributed by atoms with van der Waals surface area (Å²) in [5.41, 5.74) is 1.94. The summed E-state index contributed by atoms with van der Waals surface area (Å²) in [5.74, 6) is 1.52. The number of benzene rings is 1. The molecule has 1 unspecified atom stereocenters. The molecular weight excluding hydrogens is 330 g/mol. The van der Waals surface area contributed by atoms with Crippen LogP contribution < -0.4 is 0 Å². The Morgan fingerprint density at radius 1 is 1.15 bits per heavy atom. The fraction of sp³-hybridized carbons (Fsp3) is 0.476. The van der Waals surface area contributed by atoms with Crippen LogP contribution in [0.5, 0.6) is 0 Å². The molecule has 1 aliphatic heterocycles. The van der Waals surface area contributed by atoms with Crippen molar-refractivity contribution in [3.8, 4) is 11.5 Å². The maximum absolute atomic E-state index is 5.76. The van der Waals surface area contributed by atoms with Gasteiger partial charge in [-0.2, -0.15) is 0 Å². The van der Waals surface area contributed by atoms with E-state index in [9.17, 15) is 0 Å². The van der Waals surface area contributed by atoms with E-state index in [4.69, 9.17) is 18.6 Å². The molecule has 3 rings (SSSR count). The summed E-state index contributed by atoms with van der Waals surface area (Å²) in [6.45, 7) is 4.50. The fourth-order valence-corrected chi connectivity index (χ4v) is 2.83. The second-order valence-electron chi connectivity index (χ2n) is 6.31. The highest BCUT2D eigenvalue weighted by molar-refractivity contribution is 5.53. The van der Waals surface area contributed by atoms with Crippen molar-refractivity contribution in [3.63, 3.8) is 0 Å². The standard InChI is InChI=1S/C21H27NO4/c1-17-19(22-21(26-17)18-9-3-2-4-10-18)12-16-23-13-7-8-15-25-20-11-5-6-14-24-20/h2-4,7-10,20H,5-6,11-16H2,1H3. The molecular formula is C21H27NO4. The third-order valence-electron chi connectivity index (χ3n) is 4.29. The van der Waals surface area contributed by atoms with Crippen LogP contribution in [0.4, 0.5) is 0 Å². The molecule has 0 amide bonds. The van der Waals surface area contributed by atoms with Gasteiger partial charge in [0.05, 0.1) is 25.5 Å². The van der Waals surface area contributed by atoms with Crippen LogP contribution in [0.1, 0.15) is 30.7 Å². The van der Waals surface area contributed by atoms with E-state index in [1.54, 1.807) is 0 Å².